The van der Waals surface area contributed by atoms with Crippen molar-refractivity contribution in [3.05, 3.63) is 30.3 Å². The van der Waals surface area contributed by atoms with Gasteiger partial charge in [-0.1, -0.05) is 30.1 Å². The van der Waals surface area contributed by atoms with Gasteiger partial charge in [-0.25, -0.2) is 4.79 Å². The fraction of sp³-hybridized carbons (Fsp3) is 0.333. The zero-order valence-corrected chi connectivity index (χ0v) is 11.6. The van der Waals surface area contributed by atoms with Crippen molar-refractivity contribution in [2.45, 2.75) is 6.92 Å². The van der Waals surface area contributed by atoms with Gasteiger partial charge in [-0.05, 0) is 19.1 Å². The van der Waals surface area contributed by atoms with Crippen LogP contribution in [0.15, 0.2) is 30.3 Å². The molecule has 0 fully saturated rings. The lowest BCUT2D eigenvalue weighted by Gasteiger charge is -2.02. The van der Waals surface area contributed by atoms with Gasteiger partial charge in [0.1, 0.15) is 0 Å². The largest absolute Gasteiger partial charge is 0.459 e. The number of esters is 1. The van der Waals surface area contributed by atoms with Crippen molar-refractivity contribution in [2.24, 2.45) is 5.14 Å². The van der Waals surface area contributed by atoms with E-state index in [1.165, 1.54) is 0 Å². The summed E-state index contributed by atoms with van der Waals surface area (Å²) < 4.78 is 4.45. The van der Waals surface area contributed by atoms with Crippen LogP contribution >= 0.6 is 11.9 Å². The van der Waals surface area contributed by atoms with Crippen molar-refractivity contribution in [1.29, 1.82) is 0 Å². The van der Waals surface area contributed by atoms with Gasteiger partial charge in [0.25, 0.3) is 0 Å². The van der Waals surface area contributed by atoms with E-state index in [4.69, 9.17) is 10.9 Å². The molecule has 0 aliphatic carbocycles. The summed E-state index contributed by atoms with van der Waals surface area (Å²) in [5, 5.41) is 7.45. The van der Waals surface area contributed by atoms with Gasteiger partial charge in [0.05, 0.1) is 6.61 Å². The maximum absolute atomic E-state index is 10.8. The first-order chi connectivity index (χ1) is 9.11. The Balaban J connectivity index is 0.000000388. The molecule has 0 aromatic heterocycles. The molecule has 106 valence electrons. The summed E-state index contributed by atoms with van der Waals surface area (Å²) >= 11 is 1.10. The molecule has 1 aromatic carbocycles. The predicted molar refractivity (Wildman–Crippen MR) is 77.1 cm³/mol. The standard InChI is InChI=1S/C6H12N2O3S.C6H7N/c1-2-11-6(10)5(9)8-3-4-12-7;7-6-4-2-1-3-5-6/h2-4,7H2,1H3,(H,8,9);1-5H,7H2. The van der Waals surface area contributed by atoms with E-state index < -0.39 is 11.9 Å². The van der Waals surface area contributed by atoms with Gasteiger partial charge >= 0.3 is 11.9 Å². The van der Waals surface area contributed by atoms with E-state index in [-0.39, 0.29) is 6.61 Å². The number of nitrogens with one attached hydrogen (secondary N) is 1. The molecule has 0 unspecified atom stereocenters. The Hall–Kier alpha value is -1.73. The van der Waals surface area contributed by atoms with Crippen molar-refractivity contribution in [3.63, 3.8) is 0 Å². The van der Waals surface area contributed by atoms with Crippen LogP contribution in [0.4, 0.5) is 5.69 Å². The second kappa shape index (κ2) is 11.4. The molecule has 0 aliphatic heterocycles. The Bertz CT molecular complexity index is 374. The number of ether oxygens (including phenoxy) is 1. The van der Waals surface area contributed by atoms with Gasteiger partial charge in [-0.15, -0.1) is 0 Å². The molecule has 1 amide bonds. The van der Waals surface area contributed by atoms with Crippen LogP contribution in [0.1, 0.15) is 6.92 Å². The minimum Gasteiger partial charge on any atom is -0.459 e. The van der Waals surface area contributed by atoms with E-state index in [1.807, 2.05) is 30.3 Å². The van der Waals surface area contributed by atoms with E-state index in [9.17, 15) is 9.59 Å². The maximum atomic E-state index is 10.8. The average Bonchev–Trinajstić information content (AvgIpc) is 2.41. The zero-order chi connectivity index (χ0) is 14.5. The topological polar surface area (TPSA) is 107 Å². The fourth-order valence-electron chi connectivity index (χ4n) is 0.945. The first-order valence-corrected chi connectivity index (χ1v) is 6.73. The van der Waals surface area contributed by atoms with E-state index >= 15 is 0 Å². The first-order valence-electron chi connectivity index (χ1n) is 5.69. The lowest BCUT2D eigenvalue weighted by Crippen LogP contribution is -2.34. The Labute approximate surface area is 117 Å². The molecule has 0 atom stereocenters. The lowest BCUT2D eigenvalue weighted by atomic mass is 10.3. The third-order valence-corrected chi connectivity index (χ3v) is 2.21. The minimum absolute atomic E-state index is 0.206. The molecular formula is C12H19N3O3S. The lowest BCUT2D eigenvalue weighted by molar-refractivity contribution is -0.154. The molecule has 19 heavy (non-hydrogen) atoms. The molecule has 0 spiro atoms. The Morgan fingerprint density at radius 2 is 1.95 bits per heavy atom. The Kier molecular flexibility index (Phi) is 10.3. The van der Waals surface area contributed by atoms with Crippen LogP contribution in [0.25, 0.3) is 0 Å². The van der Waals surface area contributed by atoms with E-state index in [0.29, 0.717) is 12.3 Å². The summed E-state index contributed by atoms with van der Waals surface area (Å²) in [5.41, 5.74) is 6.18. The number of hydrogen-bond acceptors (Lipinski definition) is 6. The molecule has 0 heterocycles. The van der Waals surface area contributed by atoms with Gasteiger partial charge in [0, 0.05) is 18.0 Å². The van der Waals surface area contributed by atoms with Crippen LogP contribution in [0.3, 0.4) is 0 Å². The summed E-state index contributed by atoms with van der Waals surface area (Å²) in [6, 6.07) is 9.49. The summed E-state index contributed by atoms with van der Waals surface area (Å²) in [6.07, 6.45) is 0. The van der Waals surface area contributed by atoms with Gasteiger partial charge in [-0.3, -0.25) is 9.93 Å². The highest BCUT2D eigenvalue weighted by Crippen LogP contribution is 1.95. The monoisotopic (exact) mass is 285 g/mol. The Morgan fingerprint density at radius 3 is 2.37 bits per heavy atom. The van der Waals surface area contributed by atoms with Crippen LogP contribution < -0.4 is 16.2 Å². The number of anilines is 1. The number of amides is 1. The minimum atomic E-state index is -0.848. The summed E-state index contributed by atoms with van der Waals surface area (Å²) in [4.78, 5) is 21.4. The number of hydrogen-bond donors (Lipinski definition) is 3. The maximum Gasteiger partial charge on any atom is 0.396 e. The van der Waals surface area contributed by atoms with Crippen molar-refractivity contribution in [3.8, 4) is 0 Å². The third kappa shape index (κ3) is 9.93. The van der Waals surface area contributed by atoms with E-state index in [2.05, 4.69) is 10.1 Å². The van der Waals surface area contributed by atoms with Crippen molar-refractivity contribution >= 4 is 29.5 Å². The molecule has 7 heteroatoms. The summed E-state index contributed by atoms with van der Waals surface area (Å²) in [5.74, 6) is -0.990. The smallest absolute Gasteiger partial charge is 0.396 e. The van der Waals surface area contributed by atoms with Crippen LogP contribution in [0.2, 0.25) is 0 Å². The second-order valence-corrected chi connectivity index (χ2v) is 4.00. The number of carbonyl (C=O) groups excluding carboxylic acids is 2. The number of nitrogen functional groups attached to an aromatic ring is 1. The number of rotatable bonds is 4. The van der Waals surface area contributed by atoms with Crippen molar-refractivity contribution < 1.29 is 14.3 Å². The normalized spacial score (nSPS) is 8.95. The average molecular weight is 285 g/mol. The quantitative estimate of drug-likeness (QED) is 0.245. The summed E-state index contributed by atoms with van der Waals surface area (Å²) in [6.45, 7) is 2.22. The van der Waals surface area contributed by atoms with E-state index in [0.717, 1.165) is 17.6 Å². The van der Waals surface area contributed by atoms with Gasteiger partial charge in [0.15, 0.2) is 0 Å². The van der Waals surface area contributed by atoms with Crippen LogP contribution in [0.5, 0.6) is 0 Å². The molecule has 0 saturated heterocycles. The zero-order valence-electron chi connectivity index (χ0n) is 10.8. The van der Waals surface area contributed by atoms with Crippen LogP contribution in [0, 0.1) is 0 Å². The number of nitrogens with two attached hydrogens (primary N) is 2. The molecule has 1 rings (SSSR count). The molecule has 0 saturated carbocycles. The van der Waals surface area contributed by atoms with Gasteiger partial charge < -0.3 is 15.8 Å². The molecule has 1 aromatic rings. The van der Waals surface area contributed by atoms with Crippen LogP contribution in [-0.2, 0) is 14.3 Å². The molecule has 0 bridgehead atoms. The van der Waals surface area contributed by atoms with E-state index in [1.54, 1.807) is 6.92 Å². The molecule has 0 aliphatic rings. The van der Waals surface area contributed by atoms with Gasteiger partial charge in [0.2, 0.25) is 0 Å². The summed E-state index contributed by atoms with van der Waals surface area (Å²) in [7, 11) is 0. The van der Waals surface area contributed by atoms with Crippen molar-refractivity contribution in [2.75, 3.05) is 24.6 Å². The van der Waals surface area contributed by atoms with Crippen LogP contribution in [-0.4, -0.2) is 30.8 Å². The number of para-hydroxylation sites is 1. The first kappa shape index (κ1) is 17.3. The third-order valence-electron chi connectivity index (χ3n) is 1.77. The molecule has 0 radical (unpaired) electrons. The molecule has 5 N–H and O–H groups in total. The number of benzene rings is 1. The molecule has 6 nitrogen and oxygen atoms in total. The van der Waals surface area contributed by atoms with Crippen molar-refractivity contribution in [1.82, 2.24) is 5.32 Å². The highest BCUT2D eigenvalue weighted by molar-refractivity contribution is 7.97. The molecular weight excluding hydrogens is 266 g/mol. The predicted octanol–water partition coefficient (Wildman–Crippen LogP) is 0.541. The number of carbonyl (C=O) groups is 2. The Morgan fingerprint density at radius 1 is 1.32 bits per heavy atom. The second-order valence-electron chi connectivity index (χ2n) is 3.26. The van der Waals surface area contributed by atoms with Gasteiger partial charge in [-0.2, -0.15) is 0 Å². The highest BCUT2D eigenvalue weighted by atomic mass is 32.2. The fourth-order valence-corrected chi connectivity index (χ4v) is 1.17. The SMILES string of the molecule is CCOC(=O)C(=O)NCCSN.Nc1ccccc1. The highest BCUT2D eigenvalue weighted by Gasteiger charge is 2.12.